The van der Waals surface area contributed by atoms with Crippen LogP contribution in [0, 0.1) is 12.7 Å². The molecule has 0 aliphatic rings. The van der Waals surface area contributed by atoms with E-state index < -0.39 is 5.82 Å². The number of carbonyl (C=O) groups excluding carboxylic acids is 1. The first-order valence-electron chi connectivity index (χ1n) is 10.8. The van der Waals surface area contributed by atoms with E-state index in [9.17, 15) is 4.79 Å². The number of halogens is 1. The first kappa shape index (κ1) is 21.3. The van der Waals surface area contributed by atoms with Gasteiger partial charge in [-0.05, 0) is 72.1 Å². The zero-order valence-corrected chi connectivity index (χ0v) is 18.4. The zero-order valence-electron chi connectivity index (χ0n) is 18.4. The molecule has 0 fully saturated rings. The normalized spacial score (nSPS) is 10.9. The lowest BCUT2D eigenvalue weighted by Gasteiger charge is -2.14. The highest BCUT2D eigenvalue weighted by Crippen LogP contribution is 2.35. The number of aromatic nitrogens is 3. The minimum absolute atomic E-state index is 0.221. The van der Waals surface area contributed by atoms with Gasteiger partial charge in [0.2, 0.25) is 0 Å². The van der Waals surface area contributed by atoms with Crippen LogP contribution in [0.15, 0.2) is 85.6 Å². The number of fused-ring (bicyclic) bond motifs is 1. The molecule has 2 N–H and O–H groups in total. The smallest absolute Gasteiger partial charge is 0.251 e. The van der Waals surface area contributed by atoms with Crippen molar-refractivity contribution in [2.75, 3.05) is 0 Å². The summed E-state index contributed by atoms with van der Waals surface area (Å²) in [5.74, 6) is 0.154. The Bertz CT molecular complexity index is 1470. The van der Waals surface area contributed by atoms with Crippen molar-refractivity contribution in [1.82, 2.24) is 20.3 Å². The Morgan fingerprint density at radius 3 is 2.68 bits per heavy atom. The van der Waals surface area contributed by atoms with Crippen molar-refractivity contribution in [3.63, 3.8) is 0 Å². The number of hydrogen-bond acceptors (Lipinski definition) is 4. The molecule has 6 nitrogen and oxygen atoms in total. The largest absolute Gasteiger partial charge is 0.456 e. The van der Waals surface area contributed by atoms with Crippen LogP contribution < -0.4 is 10.1 Å². The minimum atomic E-state index is -0.430. The van der Waals surface area contributed by atoms with E-state index in [1.165, 1.54) is 6.07 Å². The maximum atomic E-state index is 15.2. The molecule has 3 aromatic heterocycles. The lowest BCUT2D eigenvalue weighted by Crippen LogP contribution is -2.23. The summed E-state index contributed by atoms with van der Waals surface area (Å²) in [5, 5.41) is 3.20. The highest BCUT2D eigenvalue weighted by atomic mass is 19.1. The van der Waals surface area contributed by atoms with Crippen molar-refractivity contribution in [3.8, 4) is 22.6 Å². The molecule has 0 atom stereocenters. The molecule has 7 heteroatoms. The van der Waals surface area contributed by atoms with Gasteiger partial charge >= 0.3 is 0 Å². The van der Waals surface area contributed by atoms with Gasteiger partial charge in [0.1, 0.15) is 17.3 Å². The minimum Gasteiger partial charge on any atom is -0.456 e. The zero-order chi connectivity index (χ0) is 23.5. The van der Waals surface area contributed by atoms with E-state index in [2.05, 4.69) is 20.3 Å². The van der Waals surface area contributed by atoms with Crippen LogP contribution in [0.25, 0.3) is 22.0 Å². The molecule has 0 saturated carbocycles. The Labute approximate surface area is 195 Å². The maximum absolute atomic E-state index is 15.2. The van der Waals surface area contributed by atoms with E-state index >= 15 is 4.39 Å². The lowest BCUT2D eigenvalue weighted by molar-refractivity contribution is 0.0950. The van der Waals surface area contributed by atoms with Crippen LogP contribution in [0.3, 0.4) is 0 Å². The van der Waals surface area contributed by atoms with Crippen LogP contribution in [0.1, 0.15) is 21.5 Å². The topological polar surface area (TPSA) is 79.9 Å². The lowest BCUT2D eigenvalue weighted by atomic mass is 10.0. The molecule has 0 bridgehead atoms. The van der Waals surface area contributed by atoms with Gasteiger partial charge in [0.25, 0.3) is 5.91 Å². The summed E-state index contributed by atoms with van der Waals surface area (Å²) in [6, 6.07) is 15.7. The van der Waals surface area contributed by atoms with E-state index in [1.807, 2.05) is 24.3 Å². The van der Waals surface area contributed by atoms with E-state index in [1.54, 1.807) is 62.2 Å². The Morgan fingerprint density at radius 2 is 1.88 bits per heavy atom. The number of benzene rings is 2. The van der Waals surface area contributed by atoms with Crippen molar-refractivity contribution in [3.05, 3.63) is 108 Å². The van der Waals surface area contributed by atoms with Crippen LogP contribution in [0.5, 0.6) is 11.5 Å². The molecule has 0 saturated heterocycles. The molecule has 0 aliphatic carbocycles. The monoisotopic (exact) mass is 452 g/mol. The third kappa shape index (κ3) is 4.23. The Morgan fingerprint density at radius 1 is 1.03 bits per heavy atom. The van der Waals surface area contributed by atoms with Gasteiger partial charge in [0.05, 0.1) is 10.9 Å². The first-order valence-corrected chi connectivity index (χ1v) is 10.8. The molecule has 1 amide bonds. The van der Waals surface area contributed by atoms with Gasteiger partial charge in [-0.25, -0.2) is 4.39 Å². The number of hydrogen-bond donors (Lipinski definition) is 2. The van der Waals surface area contributed by atoms with Crippen LogP contribution in [-0.2, 0) is 6.54 Å². The fourth-order valence-corrected chi connectivity index (χ4v) is 3.83. The summed E-state index contributed by atoms with van der Waals surface area (Å²) in [5.41, 5.74) is 4.17. The molecular formula is C27H21FN4O2. The van der Waals surface area contributed by atoms with Crippen LogP contribution >= 0.6 is 0 Å². The summed E-state index contributed by atoms with van der Waals surface area (Å²) in [6.45, 7) is 2.19. The van der Waals surface area contributed by atoms with Crippen molar-refractivity contribution in [1.29, 1.82) is 0 Å². The van der Waals surface area contributed by atoms with Gasteiger partial charge in [0, 0.05) is 48.7 Å². The summed E-state index contributed by atoms with van der Waals surface area (Å²) in [7, 11) is 0. The highest BCUT2D eigenvalue weighted by molar-refractivity contribution is 5.96. The number of amides is 1. The fourth-order valence-electron chi connectivity index (χ4n) is 3.83. The third-order valence-electron chi connectivity index (χ3n) is 5.64. The molecule has 0 unspecified atom stereocenters. The Hall–Kier alpha value is -4.52. The number of rotatable bonds is 6. The molecule has 168 valence electrons. The molecule has 2 aromatic carbocycles. The molecule has 3 heterocycles. The molecular weight excluding hydrogens is 431 g/mol. The van der Waals surface area contributed by atoms with Gasteiger partial charge < -0.3 is 15.0 Å². The maximum Gasteiger partial charge on any atom is 0.251 e. The van der Waals surface area contributed by atoms with Gasteiger partial charge in [0.15, 0.2) is 0 Å². The first-order chi connectivity index (χ1) is 16.6. The van der Waals surface area contributed by atoms with Crippen molar-refractivity contribution in [2.45, 2.75) is 13.5 Å². The highest BCUT2D eigenvalue weighted by Gasteiger charge is 2.16. The van der Waals surface area contributed by atoms with Crippen molar-refractivity contribution < 1.29 is 13.9 Å². The molecule has 5 rings (SSSR count). The van der Waals surface area contributed by atoms with E-state index in [4.69, 9.17) is 4.74 Å². The van der Waals surface area contributed by atoms with Gasteiger partial charge in [-0.3, -0.25) is 14.8 Å². The van der Waals surface area contributed by atoms with Gasteiger partial charge in [-0.1, -0.05) is 6.07 Å². The van der Waals surface area contributed by atoms with Crippen molar-refractivity contribution >= 4 is 16.8 Å². The third-order valence-corrected chi connectivity index (χ3v) is 5.64. The summed E-state index contributed by atoms with van der Waals surface area (Å²) in [6.07, 6.45) is 8.53. The number of ether oxygens (including phenoxy) is 1. The Balaban J connectivity index is 1.43. The van der Waals surface area contributed by atoms with Gasteiger partial charge in [-0.15, -0.1) is 0 Å². The van der Waals surface area contributed by atoms with E-state index in [-0.39, 0.29) is 11.3 Å². The fraction of sp³-hybridized carbons (Fsp3) is 0.0741. The average molecular weight is 452 g/mol. The summed E-state index contributed by atoms with van der Waals surface area (Å²) < 4.78 is 21.3. The molecule has 0 spiro atoms. The standard InChI is InChI=1S/C27H21FN4O2/c1-17-21(27(33)32-15-18-5-9-29-10-6-18)3-2-4-24(17)34-25-8-12-31-23-14-20(13-22(28)26(23)25)19-7-11-30-16-19/h2-14,16,30H,15H2,1H3,(H,32,33). The molecule has 0 aliphatic heterocycles. The average Bonchev–Trinajstić information content (AvgIpc) is 3.39. The quantitative estimate of drug-likeness (QED) is 0.342. The molecule has 34 heavy (non-hydrogen) atoms. The second-order valence-electron chi connectivity index (χ2n) is 7.83. The number of carbonyl (C=O) groups is 1. The van der Waals surface area contributed by atoms with Crippen LogP contribution in [-0.4, -0.2) is 20.9 Å². The van der Waals surface area contributed by atoms with Crippen LogP contribution in [0.2, 0.25) is 0 Å². The number of nitrogens with zero attached hydrogens (tertiary/aromatic N) is 2. The summed E-state index contributed by atoms with van der Waals surface area (Å²) in [4.78, 5) is 24.1. The second-order valence-corrected chi connectivity index (χ2v) is 7.83. The Kier molecular flexibility index (Phi) is 5.74. The SMILES string of the molecule is Cc1c(Oc2ccnc3cc(-c4cc[nH]c4)cc(F)c23)cccc1C(=O)NCc1ccncc1. The van der Waals surface area contributed by atoms with Crippen LogP contribution in [0.4, 0.5) is 4.39 Å². The van der Waals surface area contributed by atoms with E-state index in [0.717, 1.165) is 16.7 Å². The van der Waals surface area contributed by atoms with E-state index in [0.29, 0.717) is 34.7 Å². The van der Waals surface area contributed by atoms with Gasteiger partial charge in [-0.2, -0.15) is 0 Å². The molecule has 0 radical (unpaired) electrons. The summed E-state index contributed by atoms with van der Waals surface area (Å²) >= 11 is 0. The predicted molar refractivity (Wildman–Crippen MR) is 128 cm³/mol. The molecule has 5 aromatic rings. The van der Waals surface area contributed by atoms with Crippen molar-refractivity contribution in [2.24, 2.45) is 0 Å². The second kappa shape index (κ2) is 9.15. The predicted octanol–water partition coefficient (Wildman–Crippen LogP) is 5.79. The number of pyridine rings is 2. The number of nitrogens with one attached hydrogen (secondary N) is 2. The number of H-pyrrole nitrogens is 1. The number of aromatic amines is 1.